The van der Waals surface area contributed by atoms with Gasteiger partial charge < -0.3 is 15.2 Å². The topological polar surface area (TPSA) is 44.5 Å². The highest BCUT2D eigenvalue weighted by molar-refractivity contribution is 5.41. The van der Waals surface area contributed by atoms with Gasteiger partial charge in [0.05, 0.1) is 14.2 Å². The SMILES string of the molecule is COc1ccc(OC)c(CC(N)c2ccc(C(C)C)cc2)c1. The van der Waals surface area contributed by atoms with E-state index in [4.69, 9.17) is 15.2 Å². The van der Waals surface area contributed by atoms with E-state index in [9.17, 15) is 0 Å². The van der Waals surface area contributed by atoms with Gasteiger partial charge in [0, 0.05) is 6.04 Å². The summed E-state index contributed by atoms with van der Waals surface area (Å²) < 4.78 is 10.7. The summed E-state index contributed by atoms with van der Waals surface area (Å²) in [5.74, 6) is 2.19. The van der Waals surface area contributed by atoms with Crippen molar-refractivity contribution in [3.8, 4) is 11.5 Å². The highest BCUT2D eigenvalue weighted by atomic mass is 16.5. The van der Waals surface area contributed by atoms with Gasteiger partial charge in [0.25, 0.3) is 0 Å². The van der Waals surface area contributed by atoms with Gasteiger partial charge in [0.2, 0.25) is 0 Å². The van der Waals surface area contributed by atoms with Gasteiger partial charge in [-0.25, -0.2) is 0 Å². The Balaban J connectivity index is 2.18. The number of benzene rings is 2. The fraction of sp³-hybridized carbons (Fsp3) is 0.368. The Morgan fingerprint density at radius 2 is 1.55 bits per heavy atom. The molecule has 2 aromatic carbocycles. The van der Waals surface area contributed by atoms with Crippen molar-refractivity contribution in [2.75, 3.05) is 14.2 Å². The van der Waals surface area contributed by atoms with Crippen LogP contribution in [-0.4, -0.2) is 14.2 Å². The Morgan fingerprint density at radius 1 is 0.909 bits per heavy atom. The molecule has 0 aliphatic rings. The molecule has 0 fully saturated rings. The van der Waals surface area contributed by atoms with Crippen molar-refractivity contribution in [1.82, 2.24) is 0 Å². The van der Waals surface area contributed by atoms with Crippen LogP contribution in [0.2, 0.25) is 0 Å². The van der Waals surface area contributed by atoms with Crippen LogP contribution in [-0.2, 0) is 6.42 Å². The summed E-state index contributed by atoms with van der Waals surface area (Å²) in [5, 5.41) is 0. The second-order valence-corrected chi connectivity index (χ2v) is 5.81. The third-order valence-corrected chi connectivity index (χ3v) is 3.96. The summed E-state index contributed by atoms with van der Waals surface area (Å²) in [6.45, 7) is 4.38. The smallest absolute Gasteiger partial charge is 0.122 e. The molecule has 22 heavy (non-hydrogen) atoms. The Bertz CT molecular complexity index is 605. The van der Waals surface area contributed by atoms with E-state index in [2.05, 4.69) is 38.1 Å². The Labute approximate surface area is 133 Å². The van der Waals surface area contributed by atoms with Crippen molar-refractivity contribution >= 4 is 0 Å². The van der Waals surface area contributed by atoms with E-state index in [0.29, 0.717) is 12.3 Å². The molecule has 3 nitrogen and oxygen atoms in total. The first kappa shape index (κ1) is 16.4. The van der Waals surface area contributed by atoms with E-state index < -0.39 is 0 Å². The van der Waals surface area contributed by atoms with Crippen molar-refractivity contribution in [1.29, 1.82) is 0 Å². The van der Waals surface area contributed by atoms with Gasteiger partial charge in [-0.05, 0) is 47.2 Å². The largest absolute Gasteiger partial charge is 0.497 e. The average Bonchev–Trinajstić information content (AvgIpc) is 2.54. The number of hydrogen-bond donors (Lipinski definition) is 1. The van der Waals surface area contributed by atoms with Crippen LogP contribution >= 0.6 is 0 Å². The Kier molecular flexibility index (Phi) is 5.45. The Hall–Kier alpha value is -2.00. The van der Waals surface area contributed by atoms with Gasteiger partial charge in [0.1, 0.15) is 11.5 Å². The molecule has 0 heterocycles. The first-order valence-electron chi connectivity index (χ1n) is 7.61. The predicted octanol–water partition coefficient (Wildman–Crippen LogP) is 4.07. The minimum absolute atomic E-state index is 0.0674. The van der Waals surface area contributed by atoms with Crippen LogP contribution in [0.3, 0.4) is 0 Å². The van der Waals surface area contributed by atoms with Crippen molar-refractivity contribution in [3.63, 3.8) is 0 Å². The lowest BCUT2D eigenvalue weighted by molar-refractivity contribution is 0.397. The van der Waals surface area contributed by atoms with E-state index in [-0.39, 0.29) is 6.04 Å². The van der Waals surface area contributed by atoms with Crippen molar-refractivity contribution in [2.24, 2.45) is 5.73 Å². The summed E-state index contributed by atoms with van der Waals surface area (Å²) >= 11 is 0. The molecule has 0 aromatic heterocycles. The monoisotopic (exact) mass is 299 g/mol. The normalized spacial score (nSPS) is 12.3. The molecule has 0 saturated heterocycles. The lowest BCUT2D eigenvalue weighted by Crippen LogP contribution is -2.14. The number of hydrogen-bond acceptors (Lipinski definition) is 3. The molecule has 118 valence electrons. The van der Waals surface area contributed by atoms with Crippen LogP contribution in [0.15, 0.2) is 42.5 Å². The Morgan fingerprint density at radius 3 is 2.09 bits per heavy atom. The van der Waals surface area contributed by atoms with Gasteiger partial charge in [-0.15, -0.1) is 0 Å². The van der Waals surface area contributed by atoms with E-state index >= 15 is 0 Å². The molecular formula is C19H25NO2. The zero-order valence-electron chi connectivity index (χ0n) is 13.8. The number of rotatable bonds is 6. The summed E-state index contributed by atoms with van der Waals surface area (Å²) in [6, 6.07) is 14.3. The van der Waals surface area contributed by atoms with Gasteiger partial charge in [-0.2, -0.15) is 0 Å². The number of ether oxygens (including phenoxy) is 2. The first-order valence-corrected chi connectivity index (χ1v) is 7.61. The molecule has 0 spiro atoms. The summed E-state index contributed by atoms with van der Waals surface area (Å²) in [4.78, 5) is 0. The molecule has 0 aliphatic heterocycles. The van der Waals surface area contributed by atoms with Crippen molar-refractivity contribution in [3.05, 3.63) is 59.2 Å². The molecule has 0 amide bonds. The third-order valence-electron chi connectivity index (χ3n) is 3.96. The predicted molar refractivity (Wildman–Crippen MR) is 90.7 cm³/mol. The lowest BCUT2D eigenvalue weighted by Gasteiger charge is -2.16. The minimum Gasteiger partial charge on any atom is -0.497 e. The number of nitrogens with two attached hydrogens (primary N) is 1. The van der Waals surface area contributed by atoms with E-state index in [1.807, 2.05) is 18.2 Å². The first-order chi connectivity index (χ1) is 10.5. The summed E-state index contributed by atoms with van der Waals surface area (Å²) in [7, 11) is 3.34. The van der Waals surface area contributed by atoms with Gasteiger partial charge >= 0.3 is 0 Å². The highest BCUT2D eigenvalue weighted by Gasteiger charge is 2.12. The van der Waals surface area contributed by atoms with Crippen molar-refractivity contribution in [2.45, 2.75) is 32.2 Å². The fourth-order valence-corrected chi connectivity index (χ4v) is 2.52. The fourth-order valence-electron chi connectivity index (χ4n) is 2.52. The minimum atomic E-state index is -0.0674. The highest BCUT2D eigenvalue weighted by Crippen LogP contribution is 2.28. The van der Waals surface area contributed by atoms with Gasteiger partial charge in [-0.3, -0.25) is 0 Å². The second kappa shape index (κ2) is 7.32. The number of methoxy groups -OCH3 is 2. The molecule has 0 aliphatic carbocycles. The molecule has 3 heteroatoms. The second-order valence-electron chi connectivity index (χ2n) is 5.81. The molecular weight excluding hydrogens is 274 g/mol. The van der Waals surface area contributed by atoms with Gasteiger partial charge in [0.15, 0.2) is 0 Å². The zero-order chi connectivity index (χ0) is 16.1. The maximum absolute atomic E-state index is 6.37. The molecule has 1 atom stereocenters. The summed E-state index contributed by atoms with van der Waals surface area (Å²) in [5.41, 5.74) is 9.89. The molecule has 1 unspecified atom stereocenters. The maximum Gasteiger partial charge on any atom is 0.122 e. The van der Waals surface area contributed by atoms with Crippen LogP contribution in [0.5, 0.6) is 11.5 Å². The molecule has 2 N–H and O–H groups in total. The average molecular weight is 299 g/mol. The van der Waals surface area contributed by atoms with Crippen LogP contribution in [0.25, 0.3) is 0 Å². The maximum atomic E-state index is 6.37. The van der Waals surface area contributed by atoms with Gasteiger partial charge in [-0.1, -0.05) is 38.1 Å². The van der Waals surface area contributed by atoms with Crippen LogP contribution in [0.4, 0.5) is 0 Å². The lowest BCUT2D eigenvalue weighted by atomic mass is 9.95. The van der Waals surface area contributed by atoms with Crippen LogP contribution in [0.1, 0.15) is 42.5 Å². The molecule has 2 aromatic rings. The zero-order valence-corrected chi connectivity index (χ0v) is 13.8. The molecule has 0 radical (unpaired) electrons. The third kappa shape index (κ3) is 3.80. The molecule has 2 rings (SSSR count). The van der Waals surface area contributed by atoms with Crippen LogP contribution in [0, 0.1) is 0 Å². The van der Waals surface area contributed by atoms with Crippen molar-refractivity contribution < 1.29 is 9.47 Å². The van der Waals surface area contributed by atoms with E-state index in [0.717, 1.165) is 22.6 Å². The van der Waals surface area contributed by atoms with Crippen LogP contribution < -0.4 is 15.2 Å². The molecule has 0 saturated carbocycles. The standard InChI is InChI=1S/C19H25NO2/c1-13(2)14-5-7-15(8-6-14)18(20)12-16-11-17(21-3)9-10-19(16)22-4/h5-11,13,18H,12,20H2,1-4H3. The quantitative estimate of drug-likeness (QED) is 0.874. The molecule has 0 bridgehead atoms. The summed E-state index contributed by atoms with van der Waals surface area (Å²) in [6.07, 6.45) is 0.710. The van der Waals surface area contributed by atoms with E-state index in [1.165, 1.54) is 5.56 Å². The van der Waals surface area contributed by atoms with E-state index in [1.54, 1.807) is 14.2 Å².